The van der Waals surface area contributed by atoms with Gasteiger partial charge >= 0.3 is 6.36 Å². The van der Waals surface area contributed by atoms with Crippen molar-refractivity contribution in [1.29, 1.82) is 0 Å². The third-order valence-corrected chi connectivity index (χ3v) is 5.44. The second-order valence-corrected chi connectivity index (χ2v) is 7.24. The Morgan fingerprint density at radius 1 is 0.846 bits per heavy atom. The molecule has 4 heteroatoms. The summed E-state index contributed by atoms with van der Waals surface area (Å²) in [5, 5.41) is 0. The molecule has 140 valence electrons. The van der Waals surface area contributed by atoms with Gasteiger partial charge in [0.25, 0.3) is 0 Å². The van der Waals surface area contributed by atoms with Crippen molar-refractivity contribution in [1.82, 2.24) is 0 Å². The van der Waals surface area contributed by atoms with Crippen LogP contribution in [0.25, 0.3) is 0 Å². The van der Waals surface area contributed by atoms with Crippen LogP contribution in [0.2, 0.25) is 0 Å². The lowest BCUT2D eigenvalue weighted by molar-refractivity contribution is -0.274. The van der Waals surface area contributed by atoms with E-state index < -0.39 is 6.36 Å². The van der Waals surface area contributed by atoms with E-state index in [4.69, 9.17) is 0 Å². The Morgan fingerprint density at radius 3 is 1.88 bits per heavy atom. The molecule has 0 aliphatic heterocycles. The molecule has 3 rings (SSSR count). The molecule has 0 atom stereocenters. The van der Waals surface area contributed by atoms with Gasteiger partial charge in [-0.3, -0.25) is 0 Å². The molecule has 0 amide bonds. The molecule has 1 aliphatic rings. The fraction of sp³-hybridized carbons (Fsp3) is 0.455. The van der Waals surface area contributed by atoms with Crippen molar-refractivity contribution in [3.8, 4) is 5.75 Å². The van der Waals surface area contributed by atoms with Crippen molar-refractivity contribution in [3.05, 3.63) is 65.2 Å². The Labute approximate surface area is 153 Å². The maximum Gasteiger partial charge on any atom is 0.573 e. The smallest absolute Gasteiger partial charge is 0.406 e. The van der Waals surface area contributed by atoms with Crippen LogP contribution < -0.4 is 4.74 Å². The van der Waals surface area contributed by atoms with Gasteiger partial charge < -0.3 is 4.74 Å². The monoisotopic (exact) mass is 362 g/mol. The van der Waals surface area contributed by atoms with Crippen molar-refractivity contribution >= 4 is 0 Å². The minimum Gasteiger partial charge on any atom is -0.406 e. The molecule has 0 bridgehead atoms. The van der Waals surface area contributed by atoms with Gasteiger partial charge in [-0.05, 0) is 72.8 Å². The van der Waals surface area contributed by atoms with Crippen LogP contribution in [0.4, 0.5) is 13.2 Å². The van der Waals surface area contributed by atoms with Crippen LogP contribution in [-0.2, 0) is 6.42 Å². The third-order valence-electron chi connectivity index (χ3n) is 5.44. The summed E-state index contributed by atoms with van der Waals surface area (Å²) in [6.07, 6.45) is 2.56. The number of ether oxygens (including phenoxy) is 1. The van der Waals surface area contributed by atoms with E-state index in [-0.39, 0.29) is 5.75 Å². The Balaban J connectivity index is 1.57. The predicted octanol–water partition coefficient (Wildman–Crippen LogP) is 6.86. The summed E-state index contributed by atoms with van der Waals surface area (Å²) in [7, 11) is 0. The first-order chi connectivity index (χ1) is 12.4. The minimum absolute atomic E-state index is 0.181. The van der Waals surface area contributed by atoms with E-state index in [2.05, 4.69) is 35.9 Å². The van der Waals surface area contributed by atoms with Crippen LogP contribution >= 0.6 is 0 Å². The van der Waals surface area contributed by atoms with Crippen molar-refractivity contribution in [3.63, 3.8) is 0 Å². The molecule has 1 nitrogen and oxygen atoms in total. The molecule has 0 aromatic heterocycles. The van der Waals surface area contributed by atoms with Gasteiger partial charge in [-0.25, -0.2) is 0 Å². The van der Waals surface area contributed by atoms with Crippen LogP contribution in [0.1, 0.15) is 61.6 Å². The zero-order valence-electron chi connectivity index (χ0n) is 15.1. The van der Waals surface area contributed by atoms with Crippen molar-refractivity contribution in [2.24, 2.45) is 5.92 Å². The van der Waals surface area contributed by atoms with E-state index in [1.165, 1.54) is 55.4 Å². The molecule has 0 spiro atoms. The Bertz CT molecular complexity index is 681. The van der Waals surface area contributed by atoms with E-state index in [1.54, 1.807) is 12.1 Å². The maximum atomic E-state index is 12.2. The molecule has 0 saturated heterocycles. The first kappa shape index (κ1) is 18.8. The predicted molar refractivity (Wildman–Crippen MR) is 97.4 cm³/mol. The summed E-state index contributed by atoms with van der Waals surface area (Å²) in [4.78, 5) is 0. The van der Waals surface area contributed by atoms with Crippen molar-refractivity contribution in [2.45, 2.75) is 57.7 Å². The first-order valence-electron chi connectivity index (χ1n) is 9.36. The summed E-state index contributed by atoms with van der Waals surface area (Å²) in [6.45, 7) is 2.28. The zero-order chi connectivity index (χ0) is 18.6. The second-order valence-electron chi connectivity index (χ2n) is 7.24. The van der Waals surface area contributed by atoms with Gasteiger partial charge in [-0.2, -0.15) is 0 Å². The molecular weight excluding hydrogens is 337 g/mol. The lowest BCUT2D eigenvalue weighted by atomic mass is 9.78. The summed E-state index contributed by atoms with van der Waals surface area (Å²) >= 11 is 0. The third kappa shape index (κ3) is 5.26. The van der Waals surface area contributed by atoms with Gasteiger partial charge in [-0.1, -0.05) is 49.7 Å². The first-order valence-corrected chi connectivity index (χ1v) is 9.36. The minimum atomic E-state index is -4.65. The Kier molecular flexibility index (Phi) is 5.90. The number of rotatable bonds is 5. The van der Waals surface area contributed by atoms with Crippen LogP contribution in [-0.4, -0.2) is 6.36 Å². The van der Waals surface area contributed by atoms with E-state index in [0.717, 1.165) is 11.5 Å². The lowest BCUT2D eigenvalue weighted by Gasteiger charge is -2.28. The molecule has 0 radical (unpaired) electrons. The van der Waals surface area contributed by atoms with Crippen LogP contribution in [0.15, 0.2) is 48.5 Å². The summed E-state index contributed by atoms with van der Waals surface area (Å²) in [5.41, 5.74) is 3.55. The number of alkyl halides is 3. The normalized spacial score (nSPS) is 20.8. The van der Waals surface area contributed by atoms with E-state index >= 15 is 0 Å². The Morgan fingerprint density at radius 2 is 1.38 bits per heavy atom. The maximum absolute atomic E-state index is 12.2. The van der Waals surface area contributed by atoms with Gasteiger partial charge in [0.15, 0.2) is 0 Å². The molecule has 0 unspecified atom stereocenters. The number of hydrogen-bond acceptors (Lipinski definition) is 1. The van der Waals surface area contributed by atoms with E-state index in [1.807, 2.05) is 0 Å². The average Bonchev–Trinajstić information content (AvgIpc) is 2.63. The van der Waals surface area contributed by atoms with E-state index in [9.17, 15) is 13.2 Å². The highest BCUT2D eigenvalue weighted by atomic mass is 19.4. The molecular formula is C22H25F3O. The van der Waals surface area contributed by atoms with Crippen LogP contribution in [0.5, 0.6) is 5.75 Å². The van der Waals surface area contributed by atoms with Gasteiger partial charge in [0.1, 0.15) is 5.75 Å². The topological polar surface area (TPSA) is 9.23 Å². The highest BCUT2D eigenvalue weighted by molar-refractivity contribution is 5.33. The van der Waals surface area contributed by atoms with Crippen molar-refractivity contribution in [2.75, 3.05) is 0 Å². The molecule has 1 aliphatic carbocycles. The largest absolute Gasteiger partial charge is 0.573 e. The quantitative estimate of drug-likeness (QED) is 0.564. The van der Waals surface area contributed by atoms with Crippen LogP contribution in [0, 0.1) is 5.92 Å². The molecule has 26 heavy (non-hydrogen) atoms. The van der Waals surface area contributed by atoms with Crippen LogP contribution in [0.3, 0.4) is 0 Å². The molecule has 1 saturated carbocycles. The van der Waals surface area contributed by atoms with E-state index in [0.29, 0.717) is 12.3 Å². The van der Waals surface area contributed by atoms with Gasteiger partial charge in [0, 0.05) is 0 Å². The summed E-state index contributed by atoms with van der Waals surface area (Å²) in [6, 6.07) is 14.8. The fourth-order valence-electron chi connectivity index (χ4n) is 3.86. The number of benzene rings is 2. The number of halogens is 3. The van der Waals surface area contributed by atoms with Crippen molar-refractivity contribution < 1.29 is 17.9 Å². The zero-order valence-corrected chi connectivity index (χ0v) is 15.1. The number of hydrogen-bond donors (Lipinski definition) is 0. The lowest BCUT2D eigenvalue weighted by Crippen LogP contribution is -2.17. The highest BCUT2D eigenvalue weighted by Crippen LogP contribution is 2.37. The Hall–Kier alpha value is -1.97. The summed E-state index contributed by atoms with van der Waals surface area (Å²) < 4.78 is 40.5. The van der Waals surface area contributed by atoms with Gasteiger partial charge in [-0.15, -0.1) is 13.2 Å². The summed E-state index contributed by atoms with van der Waals surface area (Å²) in [5.74, 6) is 1.39. The molecule has 2 aromatic carbocycles. The molecule has 1 fully saturated rings. The standard InChI is InChI=1S/C22H25F3O/c1-2-16-3-9-19(10-4-16)20-11-5-17(6-12-20)15-18-7-13-21(14-8-18)26-22(23,24)25/h5-8,11-14,16,19H,2-4,9-10,15H2,1H3. The molecule has 2 aromatic rings. The molecule has 0 heterocycles. The SMILES string of the molecule is CCC1CCC(c2ccc(Cc3ccc(OC(F)(F)F)cc3)cc2)CC1. The highest BCUT2D eigenvalue weighted by Gasteiger charge is 2.30. The van der Waals surface area contributed by atoms with Gasteiger partial charge in [0.2, 0.25) is 0 Å². The molecule has 0 N–H and O–H groups in total. The van der Waals surface area contributed by atoms with Gasteiger partial charge in [0.05, 0.1) is 0 Å². The fourth-order valence-corrected chi connectivity index (χ4v) is 3.86. The average molecular weight is 362 g/mol. The second kappa shape index (κ2) is 8.15.